The first kappa shape index (κ1) is 29.7. The van der Waals surface area contributed by atoms with E-state index in [0.29, 0.717) is 0 Å². The lowest BCUT2D eigenvalue weighted by molar-refractivity contribution is -0.184. The highest BCUT2D eigenvalue weighted by Crippen LogP contribution is 2.13. The Kier molecular flexibility index (Phi) is 14.4. The molecule has 186 valence electrons. The number of ether oxygens (including phenoxy) is 4. The number of hydrogen-bond acceptors (Lipinski definition) is 12. The maximum Gasteiger partial charge on any atom is 0.308 e. The van der Waals surface area contributed by atoms with Gasteiger partial charge in [-0.3, -0.25) is 19.2 Å². The minimum atomic E-state index is -1.42. The van der Waals surface area contributed by atoms with Crippen molar-refractivity contribution in [3.8, 4) is 0 Å². The van der Waals surface area contributed by atoms with Gasteiger partial charge in [0.05, 0.1) is 50.1 Å². The first-order valence-electron chi connectivity index (χ1n) is 10.2. The predicted molar refractivity (Wildman–Crippen MR) is 107 cm³/mol. The molecule has 0 saturated carbocycles. The lowest BCUT2D eigenvalue weighted by atomic mass is 10.2. The molecule has 6 atom stereocenters. The minimum Gasteiger partial charge on any atom is -0.461 e. The lowest BCUT2D eigenvalue weighted by Gasteiger charge is -2.27. The van der Waals surface area contributed by atoms with Gasteiger partial charge in [0.1, 0.15) is 13.2 Å². The monoisotopic (exact) mass is 466 g/mol. The molecule has 0 aromatic rings. The smallest absolute Gasteiger partial charge is 0.308 e. The zero-order valence-electron chi connectivity index (χ0n) is 18.8. The molecule has 12 heteroatoms. The highest BCUT2D eigenvalue weighted by Gasteiger charge is 2.32. The van der Waals surface area contributed by atoms with E-state index >= 15 is 0 Å². The van der Waals surface area contributed by atoms with Crippen LogP contribution in [0.3, 0.4) is 0 Å². The average Bonchev–Trinajstić information content (AvgIpc) is 2.59. The van der Waals surface area contributed by atoms with Crippen LogP contribution in [-0.4, -0.2) is 94.1 Å². The third kappa shape index (κ3) is 15.5. The van der Waals surface area contributed by atoms with Crippen molar-refractivity contribution < 1.29 is 58.6 Å². The second kappa shape index (κ2) is 15.5. The Balaban J connectivity index is 5.49. The normalized spacial score (nSPS) is 16.6. The fourth-order valence-corrected chi connectivity index (χ4v) is 2.30. The van der Waals surface area contributed by atoms with Crippen molar-refractivity contribution >= 4 is 23.9 Å². The molecule has 0 bridgehead atoms. The highest BCUT2D eigenvalue weighted by atomic mass is 16.6. The molecule has 32 heavy (non-hydrogen) atoms. The first-order valence-corrected chi connectivity index (χ1v) is 10.2. The van der Waals surface area contributed by atoms with Gasteiger partial charge >= 0.3 is 23.9 Å². The maximum absolute atomic E-state index is 12.1. The highest BCUT2D eigenvalue weighted by molar-refractivity contribution is 5.72. The Morgan fingerprint density at radius 3 is 1.03 bits per heavy atom. The summed E-state index contributed by atoms with van der Waals surface area (Å²) < 4.78 is 20.3. The molecular weight excluding hydrogens is 432 g/mol. The molecule has 0 aromatic carbocycles. The van der Waals surface area contributed by atoms with E-state index in [9.17, 15) is 39.6 Å². The number of rotatable bonds is 15. The lowest BCUT2D eigenvalue weighted by Crippen LogP contribution is -2.43. The molecule has 4 N–H and O–H groups in total. The van der Waals surface area contributed by atoms with Crippen LogP contribution >= 0.6 is 0 Å². The van der Waals surface area contributed by atoms with Gasteiger partial charge in [-0.2, -0.15) is 0 Å². The van der Waals surface area contributed by atoms with Crippen molar-refractivity contribution in [2.75, 3.05) is 13.2 Å². The van der Waals surface area contributed by atoms with Crippen LogP contribution < -0.4 is 0 Å². The topological polar surface area (TPSA) is 186 Å². The Bertz CT molecular complexity index is 547. The van der Waals surface area contributed by atoms with Gasteiger partial charge in [-0.1, -0.05) is 0 Å². The van der Waals surface area contributed by atoms with Crippen LogP contribution in [0.1, 0.15) is 53.4 Å². The molecule has 0 amide bonds. The fourth-order valence-electron chi connectivity index (χ4n) is 2.30. The van der Waals surface area contributed by atoms with Crippen LogP contribution in [0, 0.1) is 0 Å². The van der Waals surface area contributed by atoms with Crippen molar-refractivity contribution in [2.24, 2.45) is 0 Å². The molecule has 0 aliphatic rings. The standard InChI is InChI=1S/C20H34O12/c1-11(21)5-17(25)29-9-15(31-19(27)7-13(3)23)16(32-20(28)8-14(4)24)10-30-18(26)6-12(2)22/h11-16,21-24H,5-10H2,1-4H3/t11-,12-,13-,14-,15-,16-/m1/s1. The van der Waals surface area contributed by atoms with Crippen LogP contribution in [0.2, 0.25) is 0 Å². The Morgan fingerprint density at radius 1 is 0.531 bits per heavy atom. The Hall–Kier alpha value is -2.28. The van der Waals surface area contributed by atoms with Crippen molar-refractivity contribution in [3.05, 3.63) is 0 Å². The molecule has 0 aliphatic carbocycles. The molecule has 0 rings (SSSR count). The molecule has 0 saturated heterocycles. The number of carbonyl (C=O) groups excluding carboxylic acids is 4. The zero-order valence-corrected chi connectivity index (χ0v) is 18.8. The minimum absolute atomic E-state index is 0.343. The van der Waals surface area contributed by atoms with Crippen LogP contribution in [0.4, 0.5) is 0 Å². The van der Waals surface area contributed by atoms with E-state index in [4.69, 9.17) is 18.9 Å². The second-order valence-corrected chi connectivity index (χ2v) is 7.64. The van der Waals surface area contributed by atoms with Gasteiger partial charge in [0.25, 0.3) is 0 Å². The third-order valence-corrected chi connectivity index (χ3v) is 3.65. The molecule has 12 nitrogen and oxygen atoms in total. The molecular formula is C20H34O12. The number of esters is 4. The average molecular weight is 466 g/mol. The van der Waals surface area contributed by atoms with Crippen LogP contribution in [0.5, 0.6) is 0 Å². The molecule has 0 unspecified atom stereocenters. The molecule has 0 aliphatic heterocycles. The molecule has 0 spiro atoms. The van der Waals surface area contributed by atoms with Gasteiger partial charge in [0, 0.05) is 0 Å². The van der Waals surface area contributed by atoms with Gasteiger partial charge < -0.3 is 39.4 Å². The van der Waals surface area contributed by atoms with E-state index < -0.39 is 86.6 Å². The van der Waals surface area contributed by atoms with Crippen LogP contribution in [0.25, 0.3) is 0 Å². The number of hydrogen-bond donors (Lipinski definition) is 4. The number of aliphatic hydroxyl groups excluding tert-OH is 4. The predicted octanol–water partition coefficient (Wildman–Crippen LogP) is -1.02. The van der Waals surface area contributed by atoms with Gasteiger partial charge in [-0.05, 0) is 27.7 Å². The third-order valence-electron chi connectivity index (χ3n) is 3.65. The summed E-state index contributed by atoms with van der Waals surface area (Å²) in [5.41, 5.74) is 0. The molecule has 0 aromatic heterocycles. The summed E-state index contributed by atoms with van der Waals surface area (Å²) in [7, 11) is 0. The van der Waals surface area contributed by atoms with Crippen LogP contribution in [-0.2, 0) is 38.1 Å². The van der Waals surface area contributed by atoms with E-state index in [0.717, 1.165) is 0 Å². The SMILES string of the molecule is C[C@@H](O)CC(=O)OC[C@@H](OC(=O)C[C@@H](C)O)[C@@H](COC(=O)C[C@@H](C)O)OC(=O)C[C@@H](C)O. The van der Waals surface area contributed by atoms with E-state index in [-0.39, 0.29) is 12.8 Å². The second-order valence-electron chi connectivity index (χ2n) is 7.64. The summed E-state index contributed by atoms with van der Waals surface area (Å²) in [6.07, 6.45) is -8.40. The fraction of sp³-hybridized carbons (Fsp3) is 0.800. The summed E-state index contributed by atoms with van der Waals surface area (Å²) in [4.78, 5) is 47.7. The summed E-state index contributed by atoms with van der Waals surface area (Å²) >= 11 is 0. The van der Waals surface area contributed by atoms with Crippen molar-refractivity contribution in [2.45, 2.75) is 90.0 Å². The van der Waals surface area contributed by atoms with Gasteiger partial charge in [0.15, 0.2) is 12.2 Å². The van der Waals surface area contributed by atoms with Crippen molar-refractivity contribution in [1.29, 1.82) is 0 Å². The summed E-state index contributed by atoms with van der Waals surface area (Å²) in [5.74, 6) is -3.44. The summed E-state index contributed by atoms with van der Waals surface area (Å²) in [6.45, 7) is 4.22. The number of aliphatic hydroxyl groups is 4. The summed E-state index contributed by atoms with van der Waals surface area (Å²) in [5, 5.41) is 37.3. The first-order chi connectivity index (χ1) is 14.8. The van der Waals surface area contributed by atoms with Crippen LogP contribution in [0.15, 0.2) is 0 Å². The van der Waals surface area contributed by atoms with E-state index in [1.54, 1.807) is 0 Å². The molecule has 0 radical (unpaired) electrons. The van der Waals surface area contributed by atoms with Crippen molar-refractivity contribution in [3.63, 3.8) is 0 Å². The van der Waals surface area contributed by atoms with E-state index in [1.807, 2.05) is 0 Å². The Labute approximate surface area is 186 Å². The van der Waals surface area contributed by atoms with E-state index in [1.165, 1.54) is 27.7 Å². The quantitative estimate of drug-likeness (QED) is 0.170. The Morgan fingerprint density at radius 2 is 0.781 bits per heavy atom. The van der Waals surface area contributed by atoms with Gasteiger partial charge in [0.2, 0.25) is 0 Å². The summed E-state index contributed by atoms with van der Waals surface area (Å²) in [6, 6.07) is 0. The molecule has 0 fully saturated rings. The number of carbonyl (C=O) groups is 4. The zero-order chi connectivity index (χ0) is 24.8. The van der Waals surface area contributed by atoms with E-state index in [2.05, 4.69) is 0 Å². The molecule has 0 heterocycles. The van der Waals surface area contributed by atoms with Gasteiger partial charge in [-0.25, -0.2) is 0 Å². The maximum atomic E-state index is 12.1. The largest absolute Gasteiger partial charge is 0.461 e. The van der Waals surface area contributed by atoms with Crippen molar-refractivity contribution in [1.82, 2.24) is 0 Å². The van der Waals surface area contributed by atoms with Gasteiger partial charge in [-0.15, -0.1) is 0 Å².